The van der Waals surface area contributed by atoms with Gasteiger partial charge in [-0.25, -0.2) is 4.79 Å². The van der Waals surface area contributed by atoms with Gasteiger partial charge in [-0.2, -0.15) is 0 Å². The number of thioether (sulfide) groups is 1. The van der Waals surface area contributed by atoms with Crippen molar-refractivity contribution in [2.24, 2.45) is 0 Å². The first-order valence-corrected chi connectivity index (χ1v) is 10.4. The summed E-state index contributed by atoms with van der Waals surface area (Å²) in [7, 11) is 1.30. The second kappa shape index (κ2) is 9.71. The molecule has 1 amide bonds. The molecular formula is C22H21NO4S2. The summed E-state index contributed by atoms with van der Waals surface area (Å²) in [5.41, 5.74) is 1.47. The summed E-state index contributed by atoms with van der Waals surface area (Å²) in [6.45, 7) is 2.67. The highest BCUT2D eigenvalue weighted by Crippen LogP contribution is 2.38. The van der Waals surface area contributed by atoms with Crippen LogP contribution in [0.5, 0.6) is 5.75 Å². The number of nitrogens with zero attached hydrogens (tertiary/aromatic N) is 1. The van der Waals surface area contributed by atoms with Gasteiger partial charge in [-0.1, -0.05) is 73.4 Å². The molecule has 0 aliphatic carbocycles. The quantitative estimate of drug-likeness (QED) is 0.366. The minimum absolute atomic E-state index is 0.318. The minimum Gasteiger partial charge on any atom is -0.494 e. The number of amides is 1. The number of carbonyl (C=O) groups is 2. The molecule has 1 saturated heterocycles. The molecule has 0 radical (unpaired) electrons. The number of hydrogen-bond donors (Lipinski definition) is 0. The van der Waals surface area contributed by atoms with Crippen LogP contribution in [0.15, 0.2) is 59.5 Å². The molecule has 0 bridgehead atoms. The zero-order valence-electron chi connectivity index (χ0n) is 16.2. The lowest BCUT2D eigenvalue weighted by Gasteiger charge is -2.24. The second-order valence-electron chi connectivity index (χ2n) is 6.31. The van der Waals surface area contributed by atoms with Crippen LogP contribution in [-0.4, -0.2) is 34.8 Å². The van der Waals surface area contributed by atoms with Gasteiger partial charge in [0.05, 0.1) is 18.6 Å². The number of esters is 1. The van der Waals surface area contributed by atoms with Crippen LogP contribution in [0.25, 0.3) is 6.08 Å². The maximum Gasteiger partial charge on any atom is 0.333 e. The van der Waals surface area contributed by atoms with Crippen molar-refractivity contribution >= 4 is 46.3 Å². The van der Waals surface area contributed by atoms with Gasteiger partial charge in [0.25, 0.3) is 5.91 Å². The van der Waals surface area contributed by atoms with E-state index < -0.39 is 12.0 Å². The van der Waals surface area contributed by atoms with Crippen LogP contribution in [0.4, 0.5) is 0 Å². The Morgan fingerprint density at radius 1 is 1.21 bits per heavy atom. The van der Waals surface area contributed by atoms with E-state index in [1.807, 2.05) is 37.3 Å². The molecule has 150 valence electrons. The van der Waals surface area contributed by atoms with Gasteiger partial charge in [-0.15, -0.1) is 0 Å². The molecule has 0 saturated carbocycles. The summed E-state index contributed by atoms with van der Waals surface area (Å²) >= 11 is 6.60. The number of hydrogen-bond acceptors (Lipinski definition) is 6. The van der Waals surface area contributed by atoms with E-state index in [9.17, 15) is 9.59 Å². The van der Waals surface area contributed by atoms with Crippen LogP contribution >= 0.6 is 24.0 Å². The first-order valence-electron chi connectivity index (χ1n) is 9.18. The van der Waals surface area contributed by atoms with Crippen molar-refractivity contribution in [1.29, 1.82) is 0 Å². The summed E-state index contributed by atoms with van der Waals surface area (Å²) < 4.78 is 10.9. The molecule has 0 spiro atoms. The molecule has 1 heterocycles. The summed E-state index contributed by atoms with van der Waals surface area (Å²) in [6, 6.07) is 15.6. The zero-order valence-corrected chi connectivity index (χ0v) is 17.8. The number of methoxy groups -OCH3 is 1. The summed E-state index contributed by atoms with van der Waals surface area (Å²) in [6.07, 6.45) is 2.68. The van der Waals surface area contributed by atoms with E-state index in [1.165, 1.54) is 23.8 Å². The van der Waals surface area contributed by atoms with E-state index in [2.05, 4.69) is 0 Å². The predicted octanol–water partition coefficient (Wildman–Crippen LogP) is 4.59. The lowest BCUT2D eigenvalue weighted by molar-refractivity contribution is -0.148. The van der Waals surface area contributed by atoms with E-state index in [0.717, 1.165) is 17.7 Å². The van der Waals surface area contributed by atoms with Crippen molar-refractivity contribution in [2.75, 3.05) is 13.7 Å². The highest BCUT2D eigenvalue weighted by Gasteiger charge is 2.41. The largest absolute Gasteiger partial charge is 0.494 e. The number of carbonyl (C=O) groups excluding carboxylic acids is 2. The van der Waals surface area contributed by atoms with Crippen molar-refractivity contribution in [2.45, 2.75) is 19.4 Å². The fraction of sp³-hybridized carbons (Fsp3) is 0.227. The molecule has 1 aliphatic rings. The maximum atomic E-state index is 13.1. The third kappa shape index (κ3) is 4.86. The maximum absolute atomic E-state index is 13.1. The predicted molar refractivity (Wildman–Crippen MR) is 118 cm³/mol. The lowest BCUT2D eigenvalue weighted by Crippen LogP contribution is -2.37. The van der Waals surface area contributed by atoms with Gasteiger partial charge in [-0.05, 0) is 35.8 Å². The molecule has 1 fully saturated rings. The van der Waals surface area contributed by atoms with Gasteiger partial charge in [0, 0.05) is 0 Å². The summed E-state index contributed by atoms with van der Waals surface area (Å²) in [4.78, 5) is 27.4. The topological polar surface area (TPSA) is 55.8 Å². The molecule has 0 N–H and O–H groups in total. The van der Waals surface area contributed by atoms with Crippen LogP contribution in [0, 0.1) is 0 Å². The van der Waals surface area contributed by atoms with Crippen molar-refractivity contribution in [3.05, 3.63) is 70.6 Å². The van der Waals surface area contributed by atoms with Gasteiger partial charge in [0.2, 0.25) is 0 Å². The molecule has 1 atom stereocenters. The summed E-state index contributed by atoms with van der Waals surface area (Å²) in [5, 5.41) is 0. The highest BCUT2D eigenvalue weighted by molar-refractivity contribution is 8.26. The zero-order chi connectivity index (χ0) is 20.8. The average molecular weight is 428 g/mol. The molecule has 3 rings (SSSR count). The Morgan fingerprint density at radius 3 is 2.66 bits per heavy atom. The highest BCUT2D eigenvalue weighted by atomic mass is 32.2. The Kier molecular flexibility index (Phi) is 7.06. The molecule has 2 aromatic rings. The molecule has 29 heavy (non-hydrogen) atoms. The van der Waals surface area contributed by atoms with Gasteiger partial charge in [0.1, 0.15) is 10.1 Å². The van der Waals surface area contributed by atoms with Crippen LogP contribution < -0.4 is 4.74 Å². The van der Waals surface area contributed by atoms with Crippen LogP contribution in [0.3, 0.4) is 0 Å². The lowest BCUT2D eigenvalue weighted by atomic mass is 10.1. The van der Waals surface area contributed by atoms with Gasteiger partial charge >= 0.3 is 5.97 Å². The van der Waals surface area contributed by atoms with Crippen LogP contribution in [-0.2, 0) is 14.3 Å². The first-order chi connectivity index (χ1) is 14.0. The molecule has 1 aliphatic heterocycles. The number of rotatable bonds is 7. The fourth-order valence-electron chi connectivity index (χ4n) is 2.91. The van der Waals surface area contributed by atoms with E-state index in [0.29, 0.717) is 21.4 Å². The standard InChI is InChI=1S/C22H21NO4S2/c1-3-12-27-17-11-7-8-15(13-17)14-18-20(24)23(22(28)29-18)19(21(25)26-2)16-9-5-4-6-10-16/h4-11,13-14,19H,3,12H2,1-2H3/b18-14+. The average Bonchev–Trinajstić information content (AvgIpc) is 3.01. The monoisotopic (exact) mass is 427 g/mol. The third-order valence-electron chi connectivity index (χ3n) is 4.25. The van der Waals surface area contributed by atoms with E-state index >= 15 is 0 Å². The molecule has 1 unspecified atom stereocenters. The Bertz CT molecular complexity index is 943. The van der Waals surface area contributed by atoms with Gasteiger partial charge in [0.15, 0.2) is 6.04 Å². The Balaban J connectivity index is 1.90. The molecular weight excluding hydrogens is 406 g/mol. The number of ether oxygens (including phenoxy) is 2. The molecule has 2 aromatic carbocycles. The van der Waals surface area contributed by atoms with E-state index in [4.69, 9.17) is 21.7 Å². The second-order valence-corrected chi connectivity index (χ2v) is 7.98. The van der Waals surface area contributed by atoms with E-state index in [1.54, 1.807) is 30.3 Å². The normalized spacial score (nSPS) is 16.2. The third-order valence-corrected chi connectivity index (χ3v) is 5.58. The minimum atomic E-state index is -0.918. The van der Waals surface area contributed by atoms with Gasteiger partial charge in [-0.3, -0.25) is 9.69 Å². The first kappa shape index (κ1) is 21.1. The molecule has 7 heteroatoms. The molecule has 5 nitrogen and oxygen atoms in total. The SMILES string of the molecule is CCCOc1cccc(/C=C2/SC(=S)N(C(C(=O)OC)c3ccccc3)C2=O)c1. The number of thiocarbonyl (C=S) groups is 1. The molecule has 0 aromatic heterocycles. The number of benzene rings is 2. The van der Waals surface area contributed by atoms with Crippen molar-refractivity contribution in [3.8, 4) is 5.75 Å². The Morgan fingerprint density at radius 2 is 1.97 bits per heavy atom. The smallest absolute Gasteiger partial charge is 0.333 e. The van der Waals surface area contributed by atoms with E-state index in [-0.39, 0.29) is 5.91 Å². The van der Waals surface area contributed by atoms with Gasteiger partial charge < -0.3 is 9.47 Å². The van der Waals surface area contributed by atoms with Crippen molar-refractivity contribution in [3.63, 3.8) is 0 Å². The van der Waals surface area contributed by atoms with Crippen molar-refractivity contribution in [1.82, 2.24) is 4.90 Å². The van der Waals surface area contributed by atoms with Crippen LogP contribution in [0.1, 0.15) is 30.5 Å². The summed E-state index contributed by atoms with van der Waals surface area (Å²) in [5.74, 6) is -0.115. The Hall–Kier alpha value is -2.64. The Labute approximate surface area is 179 Å². The fourth-order valence-corrected chi connectivity index (χ4v) is 4.22. The van der Waals surface area contributed by atoms with Crippen molar-refractivity contribution < 1.29 is 19.1 Å². The van der Waals surface area contributed by atoms with Crippen LogP contribution in [0.2, 0.25) is 0 Å².